The van der Waals surface area contributed by atoms with Gasteiger partial charge in [0.15, 0.2) is 5.76 Å². The normalized spacial score (nSPS) is 10.6. The molecule has 1 aromatic carbocycles. The molecule has 0 radical (unpaired) electrons. The first kappa shape index (κ1) is 12.3. The lowest BCUT2D eigenvalue weighted by Gasteiger charge is -2.07. The van der Waals surface area contributed by atoms with Crippen molar-refractivity contribution in [3.05, 3.63) is 41.6 Å². The Hall–Kier alpha value is -2.12. The smallest absolute Gasteiger partial charge is 0.171 e. The second-order valence-electron chi connectivity index (χ2n) is 4.40. The summed E-state index contributed by atoms with van der Waals surface area (Å²) in [5.41, 5.74) is 2.60. The number of rotatable bonds is 4. The molecule has 0 atom stereocenters. The van der Waals surface area contributed by atoms with Crippen molar-refractivity contribution < 1.29 is 4.52 Å². The Morgan fingerprint density at radius 3 is 2.67 bits per heavy atom. The summed E-state index contributed by atoms with van der Waals surface area (Å²) in [4.78, 5) is 0. The first-order chi connectivity index (χ1) is 8.70. The van der Waals surface area contributed by atoms with Crippen LogP contribution in [0.1, 0.15) is 25.0 Å². The lowest BCUT2D eigenvalue weighted by molar-refractivity contribution is 0.431. The lowest BCUT2D eigenvalue weighted by atomic mass is 10.1. The number of benzene rings is 1. The van der Waals surface area contributed by atoms with E-state index >= 15 is 0 Å². The minimum absolute atomic E-state index is 0.411. The van der Waals surface area contributed by atoms with Gasteiger partial charge in [-0.3, -0.25) is 0 Å². The summed E-state index contributed by atoms with van der Waals surface area (Å²) in [7, 11) is 0. The van der Waals surface area contributed by atoms with Crippen LogP contribution in [0.4, 0.5) is 0 Å². The van der Waals surface area contributed by atoms with E-state index in [1.54, 1.807) is 18.3 Å². The molecule has 92 valence electrons. The average molecular weight is 241 g/mol. The van der Waals surface area contributed by atoms with Gasteiger partial charge < -0.3 is 9.84 Å². The highest BCUT2D eigenvalue weighted by atomic mass is 16.5. The SMILES string of the molecule is CC(C)NCc1cnoc1-c1ccc(C#N)cc1. The predicted molar refractivity (Wildman–Crippen MR) is 68.6 cm³/mol. The average Bonchev–Trinajstić information content (AvgIpc) is 2.85. The second-order valence-corrected chi connectivity index (χ2v) is 4.40. The van der Waals surface area contributed by atoms with E-state index in [1.165, 1.54) is 0 Å². The molecule has 18 heavy (non-hydrogen) atoms. The molecule has 0 bridgehead atoms. The Kier molecular flexibility index (Phi) is 3.75. The van der Waals surface area contributed by atoms with E-state index in [4.69, 9.17) is 9.78 Å². The van der Waals surface area contributed by atoms with Gasteiger partial charge in [-0.05, 0) is 24.3 Å². The summed E-state index contributed by atoms with van der Waals surface area (Å²) in [6.45, 7) is 4.90. The molecule has 0 spiro atoms. The van der Waals surface area contributed by atoms with Gasteiger partial charge in [0.05, 0.1) is 17.8 Å². The van der Waals surface area contributed by atoms with E-state index in [-0.39, 0.29) is 0 Å². The van der Waals surface area contributed by atoms with Crippen molar-refractivity contribution >= 4 is 0 Å². The van der Waals surface area contributed by atoms with Crippen LogP contribution in [0.25, 0.3) is 11.3 Å². The molecule has 0 fully saturated rings. The van der Waals surface area contributed by atoms with E-state index in [0.717, 1.165) is 23.4 Å². The van der Waals surface area contributed by atoms with Crippen LogP contribution in [0.2, 0.25) is 0 Å². The number of nitriles is 1. The lowest BCUT2D eigenvalue weighted by Crippen LogP contribution is -2.21. The van der Waals surface area contributed by atoms with E-state index in [2.05, 4.69) is 30.4 Å². The zero-order chi connectivity index (χ0) is 13.0. The molecule has 1 heterocycles. The molecule has 0 aliphatic rings. The highest BCUT2D eigenvalue weighted by molar-refractivity contribution is 5.61. The number of hydrogen-bond acceptors (Lipinski definition) is 4. The fourth-order valence-corrected chi connectivity index (χ4v) is 1.63. The molecule has 1 N–H and O–H groups in total. The van der Waals surface area contributed by atoms with E-state index < -0.39 is 0 Å². The number of nitrogens with one attached hydrogen (secondary N) is 1. The van der Waals surface area contributed by atoms with Gasteiger partial charge in [-0.15, -0.1) is 0 Å². The zero-order valence-electron chi connectivity index (χ0n) is 10.5. The first-order valence-electron chi connectivity index (χ1n) is 5.88. The van der Waals surface area contributed by atoms with Crippen molar-refractivity contribution in [2.24, 2.45) is 0 Å². The quantitative estimate of drug-likeness (QED) is 0.894. The van der Waals surface area contributed by atoms with Crippen LogP contribution in [0.15, 0.2) is 35.0 Å². The van der Waals surface area contributed by atoms with Gasteiger partial charge in [0.1, 0.15) is 0 Å². The number of aromatic nitrogens is 1. The summed E-state index contributed by atoms with van der Waals surface area (Å²) in [5, 5.41) is 15.9. The first-order valence-corrected chi connectivity index (χ1v) is 5.88. The Morgan fingerprint density at radius 1 is 1.33 bits per heavy atom. The van der Waals surface area contributed by atoms with Gasteiger partial charge >= 0.3 is 0 Å². The molecular formula is C14H15N3O. The fraction of sp³-hybridized carbons (Fsp3) is 0.286. The van der Waals surface area contributed by atoms with Crippen LogP contribution in [0.3, 0.4) is 0 Å². The summed E-state index contributed by atoms with van der Waals surface area (Å²) >= 11 is 0. The molecule has 0 amide bonds. The molecule has 0 unspecified atom stereocenters. The molecule has 4 nitrogen and oxygen atoms in total. The fourth-order valence-electron chi connectivity index (χ4n) is 1.63. The third-order valence-corrected chi connectivity index (χ3v) is 2.62. The summed E-state index contributed by atoms with van der Waals surface area (Å²) in [6.07, 6.45) is 1.73. The summed E-state index contributed by atoms with van der Waals surface area (Å²) < 4.78 is 5.28. The van der Waals surface area contributed by atoms with Crippen LogP contribution in [0.5, 0.6) is 0 Å². The molecule has 4 heteroatoms. The maximum atomic E-state index is 8.76. The minimum Gasteiger partial charge on any atom is -0.356 e. The monoisotopic (exact) mass is 241 g/mol. The molecule has 0 saturated carbocycles. The van der Waals surface area contributed by atoms with Crippen LogP contribution in [-0.2, 0) is 6.54 Å². The Balaban J connectivity index is 2.22. The third-order valence-electron chi connectivity index (χ3n) is 2.62. The predicted octanol–water partition coefficient (Wildman–Crippen LogP) is 2.71. The zero-order valence-corrected chi connectivity index (χ0v) is 10.5. The Labute approximate surface area is 106 Å². The van der Waals surface area contributed by atoms with Crippen molar-refractivity contribution in [2.45, 2.75) is 26.4 Å². The van der Waals surface area contributed by atoms with Crippen molar-refractivity contribution in [1.29, 1.82) is 5.26 Å². The largest absolute Gasteiger partial charge is 0.356 e. The topological polar surface area (TPSA) is 61.9 Å². The molecule has 0 saturated heterocycles. The standard InChI is InChI=1S/C14H15N3O/c1-10(2)16-8-13-9-17-18-14(13)12-5-3-11(7-15)4-6-12/h3-6,9-10,16H,8H2,1-2H3. The summed E-state index contributed by atoms with van der Waals surface area (Å²) in [5.74, 6) is 0.757. The minimum atomic E-state index is 0.411. The van der Waals surface area contributed by atoms with Gasteiger partial charge in [-0.1, -0.05) is 19.0 Å². The molecule has 2 aromatic rings. The highest BCUT2D eigenvalue weighted by Crippen LogP contribution is 2.23. The molecule has 0 aliphatic heterocycles. The maximum Gasteiger partial charge on any atom is 0.171 e. The molecule has 2 rings (SSSR count). The van der Waals surface area contributed by atoms with Gasteiger partial charge in [0, 0.05) is 23.7 Å². The Bertz CT molecular complexity index is 549. The maximum absolute atomic E-state index is 8.76. The van der Waals surface area contributed by atoms with E-state index in [1.807, 2.05) is 12.1 Å². The van der Waals surface area contributed by atoms with Crippen molar-refractivity contribution in [3.63, 3.8) is 0 Å². The molecule has 0 aliphatic carbocycles. The Morgan fingerprint density at radius 2 is 2.06 bits per heavy atom. The van der Waals surface area contributed by atoms with Crippen molar-refractivity contribution in [1.82, 2.24) is 10.5 Å². The molecular weight excluding hydrogens is 226 g/mol. The van der Waals surface area contributed by atoms with Gasteiger partial charge in [0.2, 0.25) is 0 Å². The third kappa shape index (κ3) is 2.76. The van der Waals surface area contributed by atoms with E-state index in [0.29, 0.717) is 11.6 Å². The second kappa shape index (κ2) is 5.48. The highest BCUT2D eigenvalue weighted by Gasteiger charge is 2.10. The van der Waals surface area contributed by atoms with Gasteiger partial charge in [-0.2, -0.15) is 5.26 Å². The van der Waals surface area contributed by atoms with Gasteiger partial charge in [-0.25, -0.2) is 0 Å². The van der Waals surface area contributed by atoms with Crippen molar-refractivity contribution in [2.75, 3.05) is 0 Å². The van der Waals surface area contributed by atoms with Crippen LogP contribution >= 0.6 is 0 Å². The van der Waals surface area contributed by atoms with Crippen LogP contribution < -0.4 is 5.32 Å². The van der Waals surface area contributed by atoms with E-state index in [9.17, 15) is 0 Å². The number of nitrogens with zero attached hydrogens (tertiary/aromatic N) is 2. The number of hydrogen-bond donors (Lipinski definition) is 1. The van der Waals surface area contributed by atoms with Crippen molar-refractivity contribution in [3.8, 4) is 17.4 Å². The van der Waals surface area contributed by atoms with Crippen LogP contribution in [-0.4, -0.2) is 11.2 Å². The summed E-state index contributed by atoms with van der Waals surface area (Å²) in [6, 6.07) is 9.80. The van der Waals surface area contributed by atoms with Gasteiger partial charge in [0.25, 0.3) is 0 Å². The van der Waals surface area contributed by atoms with Crippen LogP contribution in [0, 0.1) is 11.3 Å². The molecule has 1 aromatic heterocycles.